The number of para-hydroxylation sites is 1. The Morgan fingerprint density at radius 1 is 1.10 bits per heavy atom. The summed E-state index contributed by atoms with van der Waals surface area (Å²) in [7, 11) is 0. The quantitative estimate of drug-likeness (QED) is 0.845. The van der Waals surface area contributed by atoms with E-state index in [1.165, 1.54) is 0 Å². The topological polar surface area (TPSA) is 28.6 Å². The van der Waals surface area contributed by atoms with Crippen molar-refractivity contribution in [2.45, 2.75) is 0 Å². The number of rotatable bonds is 5. The van der Waals surface area contributed by atoms with Crippen LogP contribution in [0, 0.1) is 0 Å². The van der Waals surface area contributed by atoms with E-state index in [1.54, 1.807) is 11.3 Å². The molecule has 106 valence electrons. The molecular weight excluding hydrogens is 270 g/mol. The van der Waals surface area contributed by atoms with Gasteiger partial charge in [-0.2, -0.15) is 0 Å². The van der Waals surface area contributed by atoms with E-state index in [2.05, 4.69) is 14.8 Å². The standard InChI is InChI=1S/C15H19N3OS/c1-2-4-14(5-3-1)19-12-11-17-7-9-18(10-8-17)15-16-6-13-20-15/h1-6,13H,7-12H2. The van der Waals surface area contributed by atoms with Crippen molar-refractivity contribution in [3.63, 3.8) is 0 Å². The van der Waals surface area contributed by atoms with E-state index in [0.717, 1.165) is 50.2 Å². The van der Waals surface area contributed by atoms with Gasteiger partial charge in [0, 0.05) is 44.3 Å². The smallest absolute Gasteiger partial charge is 0.185 e. The minimum absolute atomic E-state index is 0.751. The van der Waals surface area contributed by atoms with Gasteiger partial charge in [-0.3, -0.25) is 4.90 Å². The van der Waals surface area contributed by atoms with Gasteiger partial charge in [0.05, 0.1) is 0 Å². The highest BCUT2D eigenvalue weighted by atomic mass is 32.1. The van der Waals surface area contributed by atoms with Gasteiger partial charge in [-0.15, -0.1) is 11.3 Å². The molecule has 1 aliphatic heterocycles. The number of piperazine rings is 1. The van der Waals surface area contributed by atoms with E-state index < -0.39 is 0 Å². The fraction of sp³-hybridized carbons (Fsp3) is 0.400. The Morgan fingerprint density at radius 2 is 1.90 bits per heavy atom. The molecule has 20 heavy (non-hydrogen) atoms. The van der Waals surface area contributed by atoms with E-state index >= 15 is 0 Å². The maximum absolute atomic E-state index is 5.74. The number of thiazole rings is 1. The average Bonchev–Trinajstić information content (AvgIpc) is 3.03. The van der Waals surface area contributed by atoms with Crippen LogP contribution >= 0.6 is 11.3 Å². The third kappa shape index (κ3) is 3.49. The molecule has 0 spiro atoms. The summed E-state index contributed by atoms with van der Waals surface area (Å²) in [4.78, 5) is 9.18. The van der Waals surface area contributed by atoms with Crippen LogP contribution in [0.4, 0.5) is 5.13 Å². The Hall–Kier alpha value is -1.59. The van der Waals surface area contributed by atoms with Gasteiger partial charge in [-0.25, -0.2) is 4.98 Å². The molecule has 2 heterocycles. The number of hydrogen-bond donors (Lipinski definition) is 0. The van der Waals surface area contributed by atoms with Gasteiger partial charge in [0.2, 0.25) is 0 Å². The molecule has 1 aromatic heterocycles. The SMILES string of the molecule is c1ccc(OCCN2CCN(c3nccs3)CC2)cc1. The molecule has 0 unspecified atom stereocenters. The van der Waals surface area contributed by atoms with Crippen LogP contribution in [-0.4, -0.2) is 49.2 Å². The summed E-state index contributed by atoms with van der Waals surface area (Å²) in [5.41, 5.74) is 0. The molecule has 4 nitrogen and oxygen atoms in total. The van der Waals surface area contributed by atoms with Gasteiger partial charge < -0.3 is 9.64 Å². The van der Waals surface area contributed by atoms with E-state index in [1.807, 2.05) is 41.9 Å². The summed E-state index contributed by atoms with van der Waals surface area (Å²) >= 11 is 1.72. The second kappa shape index (κ2) is 6.72. The molecule has 1 aliphatic rings. The zero-order valence-electron chi connectivity index (χ0n) is 11.4. The number of nitrogens with zero attached hydrogens (tertiary/aromatic N) is 3. The van der Waals surface area contributed by atoms with E-state index in [9.17, 15) is 0 Å². The number of ether oxygens (including phenoxy) is 1. The molecule has 0 aliphatic carbocycles. The molecule has 3 rings (SSSR count). The van der Waals surface area contributed by atoms with E-state index in [-0.39, 0.29) is 0 Å². The van der Waals surface area contributed by atoms with Crippen molar-refractivity contribution in [3.8, 4) is 5.75 Å². The zero-order valence-corrected chi connectivity index (χ0v) is 12.3. The van der Waals surface area contributed by atoms with Crippen molar-refractivity contribution in [1.29, 1.82) is 0 Å². The first-order valence-corrected chi connectivity index (χ1v) is 7.84. The molecule has 1 fully saturated rings. The molecule has 0 bridgehead atoms. The second-order valence-corrected chi connectivity index (χ2v) is 5.68. The lowest BCUT2D eigenvalue weighted by atomic mass is 10.3. The largest absolute Gasteiger partial charge is 0.492 e. The van der Waals surface area contributed by atoms with Gasteiger partial charge >= 0.3 is 0 Å². The average molecular weight is 289 g/mol. The molecule has 2 aromatic rings. The summed E-state index contributed by atoms with van der Waals surface area (Å²) in [6, 6.07) is 10.0. The molecule has 1 aromatic carbocycles. The third-order valence-electron chi connectivity index (χ3n) is 3.48. The summed E-state index contributed by atoms with van der Waals surface area (Å²) in [5.74, 6) is 0.953. The number of anilines is 1. The van der Waals surface area contributed by atoms with E-state index in [4.69, 9.17) is 4.74 Å². The van der Waals surface area contributed by atoms with Crippen LogP contribution in [0.1, 0.15) is 0 Å². The lowest BCUT2D eigenvalue weighted by molar-refractivity contribution is 0.200. The molecule has 0 radical (unpaired) electrons. The van der Waals surface area contributed by atoms with Gasteiger partial charge in [0.15, 0.2) is 5.13 Å². The molecule has 5 heteroatoms. The lowest BCUT2D eigenvalue weighted by Crippen LogP contribution is -2.47. The maximum Gasteiger partial charge on any atom is 0.185 e. The highest BCUT2D eigenvalue weighted by molar-refractivity contribution is 7.13. The van der Waals surface area contributed by atoms with Gasteiger partial charge in [0.1, 0.15) is 12.4 Å². The van der Waals surface area contributed by atoms with Gasteiger partial charge in [-0.1, -0.05) is 18.2 Å². The van der Waals surface area contributed by atoms with Crippen LogP contribution in [0.2, 0.25) is 0 Å². The van der Waals surface area contributed by atoms with Crippen LogP contribution < -0.4 is 9.64 Å². The van der Waals surface area contributed by atoms with Gasteiger partial charge in [0.25, 0.3) is 0 Å². The Balaban J connectivity index is 1.39. The van der Waals surface area contributed by atoms with Crippen molar-refractivity contribution in [1.82, 2.24) is 9.88 Å². The van der Waals surface area contributed by atoms with Crippen molar-refractivity contribution in [3.05, 3.63) is 41.9 Å². The summed E-state index contributed by atoms with van der Waals surface area (Å²) in [6.07, 6.45) is 1.88. The normalized spacial score (nSPS) is 16.3. The van der Waals surface area contributed by atoms with Gasteiger partial charge in [-0.05, 0) is 12.1 Å². The monoisotopic (exact) mass is 289 g/mol. The first-order chi connectivity index (χ1) is 9.92. The molecule has 0 N–H and O–H groups in total. The summed E-state index contributed by atoms with van der Waals surface area (Å²) in [6.45, 7) is 6.01. The van der Waals surface area contributed by atoms with Crippen LogP contribution in [0.3, 0.4) is 0 Å². The predicted molar refractivity (Wildman–Crippen MR) is 82.7 cm³/mol. The second-order valence-electron chi connectivity index (χ2n) is 4.80. The Labute approximate surface area is 123 Å². The zero-order chi connectivity index (χ0) is 13.6. The van der Waals surface area contributed by atoms with E-state index in [0.29, 0.717) is 0 Å². The minimum Gasteiger partial charge on any atom is -0.492 e. The molecule has 1 saturated heterocycles. The fourth-order valence-corrected chi connectivity index (χ4v) is 3.04. The summed E-state index contributed by atoms with van der Waals surface area (Å²) < 4.78 is 5.74. The van der Waals surface area contributed by atoms with Crippen molar-refractivity contribution in [2.75, 3.05) is 44.2 Å². The van der Waals surface area contributed by atoms with Crippen molar-refractivity contribution in [2.24, 2.45) is 0 Å². The molecule has 0 atom stereocenters. The van der Waals surface area contributed by atoms with Crippen molar-refractivity contribution >= 4 is 16.5 Å². The maximum atomic E-state index is 5.74. The van der Waals surface area contributed by atoms with Crippen LogP contribution in [0.5, 0.6) is 5.75 Å². The van der Waals surface area contributed by atoms with Crippen molar-refractivity contribution < 1.29 is 4.74 Å². The molecule has 0 saturated carbocycles. The van der Waals surface area contributed by atoms with Crippen LogP contribution in [-0.2, 0) is 0 Å². The fourth-order valence-electron chi connectivity index (χ4n) is 2.34. The van der Waals surface area contributed by atoms with Crippen LogP contribution in [0.15, 0.2) is 41.9 Å². The first-order valence-electron chi connectivity index (χ1n) is 6.96. The summed E-state index contributed by atoms with van der Waals surface area (Å²) in [5, 5.41) is 3.18. The Morgan fingerprint density at radius 3 is 2.60 bits per heavy atom. The number of benzene rings is 1. The highest BCUT2D eigenvalue weighted by Gasteiger charge is 2.18. The first kappa shape index (κ1) is 13.4. The highest BCUT2D eigenvalue weighted by Crippen LogP contribution is 2.18. The lowest BCUT2D eigenvalue weighted by Gasteiger charge is -2.34. The van der Waals surface area contributed by atoms with Crippen LogP contribution in [0.25, 0.3) is 0 Å². The Kier molecular flexibility index (Phi) is 4.50. The number of hydrogen-bond acceptors (Lipinski definition) is 5. The number of aromatic nitrogens is 1. The molecular formula is C15H19N3OS. The Bertz CT molecular complexity index is 495. The minimum atomic E-state index is 0.751. The third-order valence-corrected chi connectivity index (χ3v) is 4.31. The predicted octanol–water partition coefficient (Wildman–Crippen LogP) is 2.34. The molecule has 0 amide bonds.